The number of ether oxygens (including phenoxy) is 1. The zero-order valence-corrected chi connectivity index (χ0v) is 16.9. The van der Waals surface area contributed by atoms with Gasteiger partial charge in [-0.25, -0.2) is 9.37 Å². The fourth-order valence-electron chi connectivity index (χ4n) is 2.60. The molecule has 0 saturated carbocycles. The van der Waals surface area contributed by atoms with E-state index in [1.54, 1.807) is 17.5 Å². The molecule has 0 unspecified atom stereocenters. The number of thiazole rings is 1. The molecule has 0 atom stereocenters. The lowest BCUT2D eigenvalue weighted by atomic mass is 10.3. The first-order valence-corrected chi connectivity index (χ1v) is 9.77. The molecule has 3 aromatic rings. The largest absolute Gasteiger partial charge is 0.433 e. The molecule has 1 N–H and O–H groups in total. The Morgan fingerprint density at radius 1 is 1.16 bits per heavy atom. The van der Waals surface area contributed by atoms with Gasteiger partial charge in [0.1, 0.15) is 11.6 Å². The number of carbonyl (C=O) groups excluding carboxylic acids is 2. The van der Waals surface area contributed by atoms with Crippen molar-refractivity contribution in [3.8, 4) is 5.75 Å². The Balaban J connectivity index is 1.74. The summed E-state index contributed by atoms with van der Waals surface area (Å²) < 4.78 is 43.4. The van der Waals surface area contributed by atoms with E-state index in [9.17, 15) is 22.8 Å². The van der Waals surface area contributed by atoms with E-state index in [-0.39, 0.29) is 22.3 Å². The molecule has 0 radical (unpaired) electrons. The van der Waals surface area contributed by atoms with Crippen LogP contribution in [0.5, 0.6) is 5.75 Å². The van der Waals surface area contributed by atoms with Crippen molar-refractivity contribution in [1.29, 1.82) is 0 Å². The minimum atomic E-state index is -3.03. The normalized spacial score (nSPS) is 11.0. The summed E-state index contributed by atoms with van der Waals surface area (Å²) in [5.74, 6) is -1.77. The van der Waals surface area contributed by atoms with Gasteiger partial charge < -0.3 is 10.1 Å². The smallest absolute Gasteiger partial charge is 0.387 e. The van der Waals surface area contributed by atoms with Crippen LogP contribution >= 0.6 is 11.3 Å². The Labute approximate surface area is 179 Å². The lowest BCUT2D eigenvalue weighted by molar-refractivity contribution is -0.116. The van der Waals surface area contributed by atoms with Crippen LogP contribution < -0.4 is 15.0 Å². The van der Waals surface area contributed by atoms with Gasteiger partial charge in [0.2, 0.25) is 11.8 Å². The van der Waals surface area contributed by atoms with E-state index < -0.39 is 24.2 Å². The number of carbonyl (C=O) groups is 2. The van der Waals surface area contributed by atoms with Crippen LogP contribution in [0.3, 0.4) is 0 Å². The van der Waals surface area contributed by atoms with Crippen molar-refractivity contribution in [2.75, 3.05) is 10.2 Å². The second-order valence-corrected chi connectivity index (χ2v) is 6.89. The third-order valence-corrected chi connectivity index (χ3v) is 4.72. The number of halogens is 3. The average molecular weight is 447 g/mol. The Kier molecular flexibility index (Phi) is 7.03. The van der Waals surface area contributed by atoms with Gasteiger partial charge in [-0.2, -0.15) is 8.78 Å². The van der Waals surface area contributed by atoms with E-state index in [1.807, 2.05) is 0 Å². The molecule has 0 spiro atoms. The first-order valence-electron chi connectivity index (χ1n) is 8.89. The first kappa shape index (κ1) is 22.0. The van der Waals surface area contributed by atoms with E-state index in [0.29, 0.717) is 5.69 Å². The number of alkyl halides is 2. The molecule has 2 aromatic carbocycles. The van der Waals surface area contributed by atoms with E-state index in [1.165, 1.54) is 49.4 Å². The van der Waals surface area contributed by atoms with Crippen LogP contribution in [-0.2, 0) is 9.59 Å². The van der Waals surface area contributed by atoms with Crippen molar-refractivity contribution in [1.82, 2.24) is 4.98 Å². The molecule has 0 aliphatic rings. The number of rotatable bonds is 7. The highest BCUT2D eigenvalue weighted by molar-refractivity contribution is 7.14. The number of hydrogen-bond acceptors (Lipinski definition) is 5. The highest BCUT2D eigenvalue weighted by Crippen LogP contribution is 2.31. The lowest BCUT2D eigenvalue weighted by Gasteiger charge is -2.18. The highest BCUT2D eigenvalue weighted by Gasteiger charge is 2.20. The molecular formula is C21H16F3N3O3S. The minimum Gasteiger partial charge on any atom is -0.433 e. The summed E-state index contributed by atoms with van der Waals surface area (Å²) in [5.41, 5.74) is 0.502. The predicted molar refractivity (Wildman–Crippen MR) is 112 cm³/mol. The van der Waals surface area contributed by atoms with E-state index >= 15 is 0 Å². The molecule has 1 aromatic heterocycles. The molecule has 31 heavy (non-hydrogen) atoms. The number of aromatic nitrogens is 1. The van der Waals surface area contributed by atoms with Crippen molar-refractivity contribution in [2.24, 2.45) is 0 Å². The summed E-state index contributed by atoms with van der Waals surface area (Å²) in [7, 11) is 0. The molecular weight excluding hydrogens is 431 g/mol. The van der Waals surface area contributed by atoms with Crippen LogP contribution in [0, 0.1) is 5.82 Å². The van der Waals surface area contributed by atoms with Crippen LogP contribution in [0.4, 0.5) is 29.7 Å². The summed E-state index contributed by atoms with van der Waals surface area (Å²) in [6.07, 6.45) is 2.53. The topological polar surface area (TPSA) is 71.5 Å². The van der Waals surface area contributed by atoms with Gasteiger partial charge in [0, 0.05) is 18.4 Å². The van der Waals surface area contributed by atoms with Gasteiger partial charge in [-0.05, 0) is 30.3 Å². The van der Waals surface area contributed by atoms with Crippen molar-refractivity contribution in [2.45, 2.75) is 13.5 Å². The van der Waals surface area contributed by atoms with Crippen molar-refractivity contribution >= 4 is 45.7 Å². The maximum Gasteiger partial charge on any atom is 0.387 e. The number of anilines is 3. The minimum absolute atomic E-state index is 0.0632. The van der Waals surface area contributed by atoms with Crippen LogP contribution in [0.25, 0.3) is 6.08 Å². The molecule has 1 heterocycles. The van der Waals surface area contributed by atoms with Gasteiger partial charge in [-0.1, -0.05) is 24.3 Å². The van der Waals surface area contributed by atoms with Gasteiger partial charge >= 0.3 is 6.61 Å². The second-order valence-electron chi connectivity index (χ2n) is 6.06. The highest BCUT2D eigenvalue weighted by atomic mass is 32.1. The number of amides is 2. The van der Waals surface area contributed by atoms with Crippen LogP contribution in [0.1, 0.15) is 12.6 Å². The molecule has 10 heteroatoms. The van der Waals surface area contributed by atoms with Gasteiger partial charge in [0.05, 0.1) is 17.1 Å². The molecule has 2 amide bonds. The molecule has 0 aliphatic carbocycles. The summed E-state index contributed by atoms with van der Waals surface area (Å²) in [4.78, 5) is 29.6. The standard InChI is InChI=1S/C21H16F3N3O3S/c1-13(28)27(17-8-4-2-6-15(17)22)21-25-14(12-31-21)10-11-19(29)26-16-7-3-5-9-18(16)30-20(23)24/h2-12,20H,1H3,(H,26,29)/b11-10+. The van der Waals surface area contributed by atoms with Gasteiger partial charge in [-0.3, -0.25) is 14.5 Å². The zero-order valence-electron chi connectivity index (χ0n) is 16.1. The Morgan fingerprint density at radius 3 is 2.58 bits per heavy atom. The molecule has 0 fully saturated rings. The van der Waals surface area contributed by atoms with E-state index in [4.69, 9.17) is 0 Å². The molecule has 0 aliphatic heterocycles. The van der Waals surface area contributed by atoms with E-state index in [2.05, 4.69) is 15.0 Å². The van der Waals surface area contributed by atoms with Crippen molar-refractivity contribution in [3.63, 3.8) is 0 Å². The Bertz CT molecular complexity index is 1120. The molecule has 6 nitrogen and oxygen atoms in total. The molecule has 160 valence electrons. The third-order valence-electron chi connectivity index (χ3n) is 3.88. The molecule has 0 bridgehead atoms. The second kappa shape index (κ2) is 9.90. The van der Waals surface area contributed by atoms with E-state index in [0.717, 1.165) is 22.3 Å². The van der Waals surface area contributed by atoms with Crippen molar-refractivity contribution < 1.29 is 27.5 Å². The summed E-state index contributed by atoms with van der Waals surface area (Å²) in [5, 5.41) is 4.26. The number of hydrogen-bond donors (Lipinski definition) is 1. The third kappa shape index (κ3) is 5.70. The van der Waals surface area contributed by atoms with Crippen LogP contribution in [0.15, 0.2) is 60.0 Å². The summed E-state index contributed by atoms with van der Waals surface area (Å²) in [6, 6.07) is 11.6. The quantitative estimate of drug-likeness (QED) is 0.504. The fraction of sp³-hybridized carbons (Fsp3) is 0.0952. The predicted octanol–water partition coefficient (Wildman–Crippen LogP) is 5.22. The van der Waals surface area contributed by atoms with Gasteiger partial charge in [-0.15, -0.1) is 11.3 Å². The van der Waals surface area contributed by atoms with Crippen LogP contribution in [-0.4, -0.2) is 23.4 Å². The lowest BCUT2D eigenvalue weighted by Crippen LogP contribution is -2.23. The molecule has 0 saturated heterocycles. The molecule has 3 rings (SSSR count). The van der Waals surface area contributed by atoms with Gasteiger partial charge in [0.15, 0.2) is 5.13 Å². The maximum absolute atomic E-state index is 14.1. The SMILES string of the molecule is CC(=O)N(c1nc(/C=C/C(=O)Nc2ccccc2OC(F)F)cs1)c1ccccc1F. The Hall–Kier alpha value is -3.66. The zero-order chi connectivity index (χ0) is 22.4. The number of benzene rings is 2. The average Bonchev–Trinajstić information content (AvgIpc) is 3.17. The first-order chi connectivity index (χ1) is 14.8. The number of nitrogens with zero attached hydrogens (tertiary/aromatic N) is 2. The Morgan fingerprint density at radius 2 is 1.87 bits per heavy atom. The fourth-order valence-corrected chi connectivity index (χ4v) is 3.45. The summed E-state index contributed by atoms with van der Waals surface area (Å²) >= 11 is 1.10. The summed E-state index contributed by atoms with van der Waals surface area (Å²) in [6.45, 7) is -1.74. The van der Waals surface area contributed by atoms with Gasteiger partial charge in [0.25, 0.3) is 0 Å². The number of nitrogens with one attached hydrogen (secondary N) is 1. The monoisotopic (exact) mass is 447 g/mol. The maximum atomic E-state index is 14.1. The van der Waals surface area contributed by atoms with Crippen LogP contribution in [0.2, 0.25) is 0 Å². The van der Waals surface area contributed by atoms with Crippen molar-refractivity contribution in [3.05, 3.63) is 71.5 Å². The number of para-hydroxylation sites is 3.